The molecule has 1 aliphatic carbocycles. The number of hydrogen-bond donors (Lipinski definition) is 1. The summed E-state index contributed by atoms with van der Waals surface area (Å²) in [6.45, 7) is 4.69. The second-order valence-corrected chi connectivity index (χ2v) is 5.25. The second kappa shape index (κ2) is 5.33. The SMILES string of the molecule is CC(C)C1CCCC(Nc2cccnc2)C1. The lowest BCUT2D eigenvalue weighted by Crippen LogP contribution is -2.29. The molecule has 0 aromatic carbocycles. The van der Waals surface area contributed by atoms with Gasteiger partial charge in [0.25, 0.3) is 0 Å². The van der Waals surface area contributed by atoms with E-state index >= 15 is 0 Å². The van der Waals surface area contributed by atoms with Gasteiger partial charge in [-0.05, 0) is 36.8 Å². The number of anilines is 1. The quantitative estimate of drug-likeness (QED) is 0.836. The molecule has 1 heterocycles. The van der Waals surface area contributed by atoms with E-state index in [4.69, 9.17) is 0 Å². The predicted molar refractivity (Wildman–Crippen MR) is 68.4 cm³/mol. The molecule has 0 amide bonds. The van der Waals surface area contributed by atoms with Crippen molar-refractivity contribution in [2.45, 2.75) is 45.6 Å². The zero-order valence-corrected chi connectivity index (χ0v) is 10.3. The van der Waals surface area contributed by atoms with Crippen LogP contribution in [0.4, 0.5) is 5.69 Å². The normalized spacial score (nSPS) is 25.7. The van der Waals surface area contributed by atoms with Crippen molar-refractivity contribution in [2.24, 2.45) is 11.8 Å². The number of rotatable bonds is 3. The van der Waals surface area contributed by atoms with Crippen LogP contribution in [-0.2, 0) is 0 Å². The number of nitrogens with zero attached hydrogens (tertiary/aromatic N) is 1. The highest BCUT2D eigenvalue weighted by atomic mass is 14.9. The molecule has 2 unspecified atom stereocenters. The Morgan fingerprint density at radius 2 is 2.25 bits per heavy atom. The van der Waals surface area contributed by atoms with Gasteiger partial charge < -0.3 is 5.32 Å². The van der Waals surface area contributed by atoms with Crippen LogP contribution in [0.25, 0.3) is 0 Å². The van der Waals surface area contributed by atoms with Gasteiger partial charge in [0, 0.05) is 18.4 Å². The summed E-state index contributed by atoms with van der Waals surface area (Å²) in [6, 6.07) is 4.74. The van der Waals surface area contributed by atoms with Gasteiger partial charge in [0.2, 0.25) is 0 Å². The minimum atomic E-state index is 0.644. The van der Waals surface area contributed by atoms with E-state index in [9.17, 15) is 0 Å². The van der Waals surface area contributed by atoms with Gasteiger partial charge in [-0.2, -0.15) is 0 Å². The van der Waals surface area contributed by atoms with Gasteiger partial charge in [-0.1, -0.05) is 26.7 Å². The van der Waals surface area contributed by atoms with Crippen molar-refractivity contribution in [1.29, 1.82) is 0 Å². The highest BCUT2D eigenvalue weighted by Gasteiger charge is 2.23. The van der Waals surface area contributed by atoms with Crippen LogP contribution in [0, 0.1) is 11.8 Å². The minimum absolute atomic E-state index is 0.644. The van der Waals surface area contributed by atoms with Crippen LogP contribution in [0.1, 0.15) is 39.5 Å². The summed E-state index contributed by atoms with van der Waals surface area (Å²) < 4.78 is 0. The molecular weight excluding hydrogens is 196 g/mol. The van der Waals surface area contributed by atoms with Crippen molar-refractivity contribution in [3.8, 4) is 0 Å². The highest BCUT2D eigenvalue weighted by Crippen LogP contribution is 2.31. The summed E-state index contributed by atoms with van der Waals surface area (Å²) in [5.74, 6) is 1.71. The standard InChI is InChI=1S/C14H22N2/c1-11(2)12-5-3-6-13(9-12)16-14-7-4-8-15-10-14/h4,7-8,10-13,16H,3,5-6,9H2,1-2H3. The predicted octanol–water partition coefficient (Wildman–Crippen LogP) is 3.71. The van der Waals surface area contributed by atoms with Crippen LogP contribution in [-0.4, -0.2) is 11.0 Å². The number of hydrogen-bond acceptors (Lipinski definition) is 2. The number of pyridine rings is 1. The van der Waals surface area contributed by atoms with Crippen LogP contribution >= 0.6 is 0 Å². The van der Waals surface area contributed by atoms with Crippen LogP contribution in [0.3, 0.4) is 0 Å². The summed E-state index contributed by atoms with van der Waals surface area (Å²) in [6.07, 6.45) is 9.12. The Hall–Kier alpha value is -1.05. The first-order valence-corrected chi connectivity index (χ1v) is 6.42. The van der Waals surface area contributed by atoms with E-state index in [1.54, 1.807) is 0 Å². The molecule has 1 aromatic heterocycles. The molecule has 1 fully saturated rings. The molecule has 2 rings (SSSR count). The fraction of sp³-hybridized carbons (Fsp3) is 0.643. The molecule has 2 atom stereocenters. The van der Waals surface area contributed by atoms with Gasteiger partial charge >= 0.3 is 0 Å². The summed E-state index contributed by atoms with van der Waals surface area (Å²) in [5.41, 5.74) is 1.16. The first-order chi connectivity index (χ1) is 7.75. The smallest absolute Gasteiger partial charge is 0.0528 e. The second-order valence-electron chi connectivity index (χ2n) is 5.25. The van der Waals surface area contributed by atoms with Gasteiger partial charge in [-0.3, -0.25) is 4.98 Å². The average Bonchev–Trinajstić information content (AvgIpc) is 2.30. The molecule has 16 heavy (non-hydrogen) atoms. The van der Waals surface area contributed by atoms with Crippen LogP contribution in [0.2, 0.25) is 0 Å². The lowest BCUT2D eigenvalue weighted by Gasteiger charge is -2.32. The largest absolute Gasteiger partial charge is 0.381 e. The van der Waals surface area contributed by atoms with Gasteiger partial charge in [0.15, 0.2) is 0 Å². The summed E-state index contributed by atoms with van der Waals surface area (Å²) in [7, 11) is 0. The third kappa shape index (κ3) is 2.97. The zero-order valence-electron chi connectivity index (χ0n) is 10.3. The Kier molecular flexibility index (Phi) is 3.81. The molecule has 1 aliphatic rings. The summed E-state index contributed by atoms with van der Waals surface area (Å²) in [4.78, 5) is 4.14. The van der Waals surface area contributed by atoms with Gasteiger partial charge in [-0.15, -0.1) is 0 Å². The molecule has 2 heteroatoms. The van der Waals surface area contributed by atoms with E-state index in [-0.39, 0.29) is 0 Å². The molecule has 88 valence electrons. The maximum atomic E-state index is 4.14. The van der Waals surface area contributed by atoms with E-state index in [1.165, 1.54) is 25.7 Å². The lowest BCUT2D eigenvalue weighted by molar-refractivity contribution is 0.264. The molecule has 0 bridgehead atoms. The maximum Gasteiger partial charge on any atom is 0.0528 e. The maximum absolute atomic E-state index is 4.14. The van der Waals surface area contributed by atoms with Crippen LogP contribution in [0.15, 0.2) is 24.5 Å². The van der Waals surface area contributed by atoms with Crippen LogP contribution in [0.5, 0.6) is 0 Å². The Morgan fingerprint density at radius 1 is 1.38 bits per heavy atom. The first-order valence-electron chi connectivity index (χ1n) is 6.42. The first kappa shape index (κ1) is 11.4. The van der Waals surface area contributed by atoms with Crippen LogP contribution < -0.4 is 5.32 Å². The third-order valence-electron chi connectivity index (χ3n) is 3.69. The molecule has 0 radical (unpaired) electrons. The molecule has 2 nitrogen and oxygen atoms in total. The fourth-order valence-corrected chi connectivity index (χ4v) is 2.65. The lowest BCUT2D eigenvalue weighted by atomic mass is 9.79. The Labute approximate surface area is 98.5 Å². The zero-order chi connectivity index (χ0) is 11.4. The molecule has 1 aromatic rings. The Morgan fingerprint density at radius 3 is 2.94 bits per heavy atom. The van der Waals surface area contributed by atoms with Crippen molar-refractivity contribution in [3.05, 3.63) is 24.5 Å². The van der Waals surface area contributed by atoms with E-state index < -0.39 is 0 Å². The van der Waals surface area contributed by atoms with E-state index in [0.29, 0.717) is 6.04 Å². The Bertz CT molecular complexity index is 308. The molecule has 0 aliphatic heterocycles. The van der Waals surface area contributed by atoms with E-state index in [1.807, 2.05) is 18.5 Å². The van der Waals surface area contributed by atoms with Crippen molar-refractivity contribution in [1.82, 2.24) is 4.98 Å². The van der Waals surface area contributed by atoms with Gasteiger partial charge in [-0.25, -0.2) is 0 Å². The minimum Gasteiger partial charge on any atom is -0.381 e. The molecular formula is C14H22N2. The molecule has 1 N–H and O–H groups in total. The van der Waals surface area contributed by atoms with Crippen molar-refractivity contribution in [3.63, 3.8) is 0 Å². The number of nitrogens with one attached hydrogen (secondary N) is 1. The molecule has 1 saturated carbocycles. The topological polar surface area (TPSA) is 24.9 Å². The summed E-state index contributed by atoms with van der Waals surface area (Å²) in [5, 5.41) is 3.60. The Balaban J connectivity index is 1.90. The molecule has 0 saturated heterocycles. The third-order valence-corrected chi connectivity index (χ3v) is 3.69. The molecule has 0 spiro atoms. The van der Waals surface area contributed by atoms with Crippen molar-refractivity contribution in [2.75, 3.05) is 5.32 Å². The van der Waals surface area contributed by atoms with E-state index in [2.05, 4.69) is 30.2 Å². The number of aromatic nitrogens is 1. The summed E-state index contributed by atoms with van der Waals surface area (Å²) >= 11 is 0. The van der Waals surface area contributed by atoms with Gasteiger partial charge in [0.1, 0.15) is 0 Å². The van der Waals surface area contributed by atoms with Crippen molar-refractivity contribution >= 4 is 5.69 Å². The average molecular weight is 218 g/mol. The van der Waals surface area contributed by atoms with Gasteiger partial charge in [0.05, 0.1) is 5.69 Å². The monoisotopic (exact) mass is 218 g/mol. The van der Waals surface area contributed by atoms with Crippen molar-refractivity contribution < 1.29 is 0 Å². The van der Waals surface area contributed by atoms with E-state index in [0.717, 1.165) is 17.5 Å². The highest BCUT2D eigenvalue weighted by molar-refractivity contribution is 5.40. The fourth-order valence-electron chi connectivity index (χ4n) is 2.65.